The van der Waals surface area contributed by atoms with Crippen LogP contribution in [0.4, 0.5) is 0 Å². The summed E-state index contributed by atoms with van der Waals surface area (Å²) in [4.78, 5) is 26.5. The van der Waals surface area contributed by atoms with Gasteiger partial charge < -0.3 is 10.1 Å². The smallest absolute Gasteiger partial charge is 0.261 e. The lowest BCUT2D eigenvalue weighted by Gasteiger charge is -2.42. The molecule has 1 aromatic heterocycles. The number of piperidine rings is 1. The highest BCUT2D eigenvalue weighted by Crippen LogP contribution is 2.22. The molecular formula is C16H22N2O3S. The van der Waals surface area contributed by atoms with Crippen molar-refractivity contribution in [1.29, 1.82) is 0 Å². The van der Waals surface area contributed by atoms with Gasteiger partial charge in [0.15, 0.2) is 5.78 Å². The second kappa shape index (κ2) is 6.89. The van der Waals surface area contributed by atoms with Crippen molar-refractivity contribution >= 4 is 23.0 Å². The number of rotatable bonds is 4. The van der Waals surface area contributed by atoms with E-state index in [9.17, 15) is 9.59 Å². The van der Waals surface area contributed by atoms with Crippen LogP contribution in [0.2, 0.25) is 0 Å². The molecule has 1 amide bonds. The van der Waals surface area contributed by atoms with Crippen LogP contribution in [0, 0.1) is 0 Å². The number of carbonyl (C=O) groups excluding carboxylic acids is 2. The Labute approximate surface area is 134 Å². The third-order valence-electron chi connectivity index (χ3n) is 4.43. The van der Waals surface area contributed by atoms with Gasteiger partial charge in [-0.05, 0) is 32.4 Å². The van der Waals surface area contributed by atoms with Crippen LogP contribution in [-0.4, -0.2) is 55.0 Å². The van der Waals surface area contributed by atoms with E-state index in [0.717, 1.165) is 19.7 Å². The fourth-order valence-electron chi connectivity index (χ4n) is 3.11. The molecule has 0 aliphatic carbocycles. The minimum Gasteiger partial charge on any atom is -0.373 e. The monoisotopic (exact) mass is 322 g/mol. The molecule has 120 valence electrons. The fraction of sp³-hybridized carbons (Fsp3) is 0.625. The van der Waals surface area contributed by atoms with Gasteiger partial charge in [0.2, 0.25) is 0 Å². The van der Waals surface area contributed by atoms with Gasteiger partial charge in [-0.3, -0.25) is 14.5 Å². The summed E-state index contributed by atoms with van der Waals surface area (Å²) in [6.07, 6.45) is 3.84. The van der Waals surface area contributed by atoms with Gasteiger partial charge in [-0.15, -0.1) is 11.3 Å². The average Bonchev–Trinajstić information content (AvgIpc) is 3.03. The molecule has 6 heteroatoms. The molecule has 0 unspecified atom stereocenters. The van der Waals surface area contributed by atoms with Gasteiger partial charge in [-0.25, -0.2) is 0 Å². The van der Waals surface area contributed by atoms with Gasteiger partial charge in [0.25, 0.3) is 5.91 Å². The Morgan fingerprint density at radius 3 is 3.09 bits per heavy atom. The van der Waals surface area contributed by atoms with Crippen molar-refractivity contribution in [3.63, 3.8) is 0 Å². The zero-order chi connectivity index (χ0) is 15.5. The molecular weight excluding hydrogens is 300 g/mol. The summed E-state index contributed by atoms with van der Waals surface area (Å²) in [6, 6.07) is 2.22. The molecule has 0 aromatic carbocycles. The zero-order valence-electron chi connectivity index (χ0n) is 12.8. The Bertz CT molecular complexity index is 557. The Balaban J connectivity index is 1.49. The molecule has 2 fully saturated rings. The lowest BCUT2D eigenvalue weighted by atomic mass is 10.0. The first-order chi connectivity index (χ1) is 10.6. The standard InChI is InChI=1S/C16H22N2O3S/c1-11(19)12-6-15(22-10-12)16(20)17-7-14-8-18-5-3-2-4-13(18)9-21-14/h6,10,13-14H,2-5,7-9H2,1H3,(H,17,20)/t13-,14+/m1/s1. The molecule has 0 saturated carbocycles. The molecule has 1 aromatic rings. The first-order valence-electron chi connectivity index (χ1n) is 7.87. The van der Waals surface area contributed by atoms with Crippen molar-refractivity contribution in [3.05, 3.63) is 21.9 Å². The Morgan fingerprint density at radius 2 is 2.32 bits per heavy atom. The largest absolute Gasteiger partial charge is 0.373 e. The zero-order valence-corrected chi connectivity index (χ0v) is 13.7. The van der Waals surface area contributed by atoms with E-state index in [4.69, 9.17) is 4.74 Å². The third kappa shape index (κ3) is 3.56. The van der Waals surface area contributed by atoms with E-state index >= 15 is 0 Å². The van der Waals surface area contributed by atoms with Crippen LogP contribution in [-0.2, 0) is 4.74 Å². The summed E-state index contributed by atoms with van der Waals surface area (Å²) in [6.45, 7) is 4.84. The van der Waals surface area contributed by atoms with E-state index in [0.29, 0.717) is 23.0 Å². The summed E-state index contributed by atoms with van der Waals surface area (Å²) in [5.41, 5.74) is 0.597. The lowest BCUT2D eigenvalue weighted by molar-refractivity contribution is -0.0725. The normalized spacial score (nSPS) is 25.5. The quantitative estimate of drug-likeness (QED) is 0.861. The van der Waals surface area contributed by atoms with E-state index in [1.54, 1.807) is 11.4 Å². The average molecular weight is 322 g/mol. The summed E-state index contributed by atoms with van der Waals surface area (Å²) in [5.74, 6) is -0.135. The number of ketones is 1. The minimum atomic E-state index is -0.123. The first kappa shape index (κ1) is 15.6. The fourth-order valence-corrected chi connectivity index (χ4v) is 3.97. The molecule has 5 nitrogen and oxygen atoms in total. The summed E-state index contributed by atoms with van der Waals surface area (Å²) < 4.78 is 5.87. The predicted octanol–water partition coefficient (Wildman–Crippen LogP) is 1.93. The second-order valence-electron chi connectivity index (χ2n) is 6.07. The molecule has 0 bridgehead atoms. The number of amides is 1. The molecule has 22 heavy (non-hydrogen) atoms. The number of hydrogen-bond donors (Lipinski definition) is 1. The van der Waals surface area contributed by atoms with Gasteiger partial charge in [-0.1, -0.05) is 6.42 Å². The molecule has 2 aliphatic heterocycles. The van der Waals surface area contributed by atoms with Gasteiger partial charge in [0, 0.05) is 30.1 Å². The van der Waals surface area contributed by atoms with E-state index in [1.807, 2.05) is 0 Å². The Kier molecular flexibility index (Phi) is 4.90. The van der Waals surface area contributed by atoms with Crippen molar-refractivity contribution in [2.75, 3.05) is 26.2 Å². The highest BCUT2D eigenvalue weighted by molar-refractivity contribution is 7.12. The number of nitrogens with zero attached hydrogens (tertiary/aromatic N) is 1. The van der Waals surface area contributed by atoms with Gasteiger partial charge in [-0.2, -0.15) is 0 Å². The minimum absolute atomic E-state index is 0.0120. The third-order valence-corrected chi connectivity index (χ3v) is 5.36. The summed E-state index contributed by atoms with van der Waals surface area (Å²) in [7, 11) is 0. The van der Waals surface area contributed by atoms with Crippen molar-refractivity contribution < 1.29 is 14.3 Å². The highest BCUT2D eigenvalue weighted by Gasteiger charge is 2.30. The van der Waals surface area contributed by atoms with E-state index in [2.05, 4.69) is 10.2 Å². The maximum atomic E-state index is 12.1. The number of morpholine rings is 1. The van der Waals surface area contributed by atoms with Crippen LogP contribution >= 0.6 is 11.3 Å². The van der Waals surface area contributed by atoms with Crippen molar-refractivity contribution in [1.82, 2.24) is 10.2 Å². The van der Waals surface area contributed by atoms with Crippen LogP contribution in [0.25, 0.3) is 0 Å². The highest BCUT2D eigenvalue weighted by atomic mass is 32.1. The number of thiophene rings is 1. The maximum Gasteiger partial charge on any atom is 0.261 e. The van der Waals surface area contributed by atoms with Gasteiger partial charge in [0.05, 0.1) is 17.6 Å². The first-order valence-corrected chi connectivity index (χ1v) is 8.75. The Hall–Kier alpha value is -1.24. The molecule has 0 radical (unpaired) electrons. The lowest BCUT2D eigenvalue weighted by Crippen LogP contribution is -2.54. The summed E-state index contributed by atoms with van der Waals surface area (Å²) in [5, 5.41) is 4.65. The number of ether oxygens (including phenoxy) is 1. The topological polar surface area (TPSA) is 58.6 Å². The van der Waals surface area contributed by atoms with Gasteiger partial charge in [0.1, 0.15) is 0 Å². The van der Waals surface area contributed by atoms with Gasteiger partial charge >= 0.3 is 0 Å². The number of fused-ring (bicyclic) bond motifs is 1. The van der Waals surface area contributed by atoms with Crippen molar-refractivity contribution in [2.45, 2.75) is 38.3 Å². The Morgan fingerprint density at radius 1 is 1.45 bits per heavy atom. The number of nitrogens with one attached hydrogen (secondary N) is 1. The number of hydrogen-bond acceptors (Lipinski definition) is 5. The van der Waals surface area contributed by atoms with Crippen LogP contribution in [0.3, 0.4) is 0 Å². The van der Waals surface area contributed by atoms with Crippen molar-refractivity contribution in [3.8, 4) is 0 Å². The van der Waals surface area contributed by atoms with Crippen LogP contribution < -0.4 is 5.32 Å². The molecule has 2 saturated heterocycles. The SMILES string of the molecule is CC(=O)c1csc(C(=O)NC[C@H]2CN3CCCC[C@@H]3CO2)c1. The van der Waals surface area contributed by atoms with E-state index in [1.165, 1.54) is 37.5 Å². The van der Waals surface area contributed by atoms with Crippen LogP contribution in [0.15, 0.2) is 11.4 Å². The molecule has 3 rings (SSSR count). The van der Waals surface area contributed by atoms with Crippen molar-refractivity contribution in [2.24, 2.45) is 0 Å². The molecule has 0 spiro atoms. The molecule has 1 N–H and O–H groups in total. The number of carbonyl (C=O) groups is 2. The summed E-state index contributed by atoms with van der Waals surface area (Å²) >= 11 is 1.31. The second-order valence-corrected chi connectivity index (χ2v) is 6.98. The number of Topliss-reactive ketones (excluding diaryl/α,β-unsaturated/α-hetero) is 1. The molecule has 2 aliphatic rings. The predicted molar refractivity (Wildman–Crippen MR) is 85.6 cm³/mol. The maximum absolute atomic E-state index is 12.1. The van der Waals surface area contributed by atoms with E-state index < -0.39 is 0 Å². The van der Waals surface area contributed by atoms with Crippen LogP contribution in [0.5, 0.6) is 0 Å². The van der Waals surface area contributed by atoms with Crippen LogP contribution in [0.1, 0.15) is 46.2 Å². The molecule has 3 heterocycles. The van der Waals surface area contributed by atoms with E-state index in [-0.39, 0.29) is 17.8 Å². The molecule has 2 atom stereocenters.